The Morgan fingerprint density at radius 2 is 1.92 bits per heavy atom. The molecule has 0 bridgehead atoms. The SMILES string of the molecule is CN(c1nc(-c2ccnc3[nH]c4ccccc4c23)nc2cncc(C3=CC=C3)c12)C1CC(N)C(O)C1. The molecule has 8 nitrogen and oxygen atoms in total. The van der Waals surface area contributed by atoms with Crippen LogP contribution in [0.3, 0.4) is 0 Å². The van der Waals surface area contributed by atoms with E-state index in [-0.39, 0.29) is 12.1 Å². The fourth-order valence-corrected chi connectivity index (χ4v) is 5.49. The number of nitrogens with zero attached hydrogens (tertiary/aromatic N) is 5. The Labute approximate surface area is 207 Å². The zero-order valence-electron chi connectivity index (χ0n) is 19.8. The smallest absolute Gasteiger partial charge is 0.163 e. The molecule has 1 fully saturated rings. The summed E-state index contributed by atoms with van der Waals surface area (Å²) in [6.07, 6.45) is 12.4. The highest BCUT2D eigenvalue weighted by atomic mass is 16.3. The summed E-state index contributed by atoms with van der Waals surface area (Å²) in [5.74, 6) is 1.42. The Bertz CT molecular complexity index is 1710. The highest BCUT2D eigenvalue weighted by Crippen LogP contribution is 2.39. The van der Waals surface area contributed by atoms with Crippen LogP contribution in [-0.4, -0.2) is 55.3 Å². The summed E-state index contributed by atoms with van der Waals surface area (Å²) < 4.78 is 0. The quantitative estimate of drug-likeness (QED) is 0.360. The van der Waals surface area contributed by atoms with E-state index >= 15 is 0 Å². The zero-order chi connectivity index (χ0) is 24.4. The maximum absolute atomic E-state index is 10.4. The standard InChI is InChI=1S/C28H25N7O/c1-35(16-11-20(29)23(36)12-16)28-25-19(15-5-4-6-15)13-30-14-22(25)33-26(34-28)18-9-10-31-27-24(18)17-7-2-3-8-21(17)32-27/h2-10,13-14,16,20,23,36H,11-12,29H2,1H3,(H,31,32). The zero-order valence-corrected chi connectivity index (χ0v) is 19.8. The fraction of sp³-hybridized carbons (Fsp3) is 0.214. The average Bonchev–Trinajstić information content (AvgIpc) is 3.41. The van der Waals surface area contributed by atoms with Crippen LogP contribution in [0.25, 0.3) is 49.8 Å². The minimum absolute atomic E-state index is 0.0680. The molecular weight excluding hydrogens is 450 g/mol. The van der Waals surface area contributed by atoms with Crippen molar-refractivity contribution < 1.29 is 5.11 Å². The Kier molecular flexibility index (Phi) is 4.67. The summed E-state index contributed by atoms with van der Waals surface area (Å²) in [7, 11) is 2.03. The number of nitrogens with two attached hydrogens (primary N) is 1. The van der Waals surface area contributed by atoms with E-state index in [0.717, 1.165) is 55.4 Å². The second kappa shape index (κ2) is 7.94. The van der Waals surface area contributed by atoms with Gasteiger partial charge in [0.2, 0.25) is 0 Å². The summed E-state index contributed by atoms with van der Waals surface area (Å²) in [5, 5.41) is 13.4. The first kappa shape index (κ1) is 21.2. The molecule has 8 heteroatoms. The Hall–Kier alpha value is -4.14. The number of pyridine rings is 2. The number of rotatable bonds is 4. The Balaban J connectivity index is 1.49. The van der Waals surface area contributed by atoms with Crippen molar-refractivity contribution in [2.45, 2.75) is 31.0 Å². The lowest BCUT2D eigenvalue weighted by Crippen LogP contribution is -2.32. The van der Waals surface area contributed by atoms with Crippen LogP contribution < -0.4 is 10.6 Å². The monoisotopic (exact) mass is 475 g/mol. The van der Waals surface area contributed by atoms with Crippen molar-refractivity contribution in [3.63, 3.8) is 0 Å². The number of allylic oxidation sites excluding steroid dienone is 4. The molecule has 5 aromatic rings. The molecule has 0 radical (unpaired) electrons. The summed E-state index contributed by atoms with van der Waals surface area (Å²) in [5.41, 5.74) is 11.8. The summed E-state index contributed by atoms with van der Waals surface area (Å²) >= 11 is 0. The number of aliphatic hydroxyl groups excluding tert-OH is 1. The molecule has 0 spiro atoms. The maximum atomic E-state index is 10.4. The number of hydrogen-bond acceptors (Lipinski definition) is 7. The molecule has 2 aliphatic carbocycles. The van der Waals surface area contributed by atoms with E-state index in [1.807, 2.05) is 43.6 Å². The normalized spacial score (nSPS) is 21.3. The van der Waals surface area contributed by atoms with Crippen LogP contribution in [0.5, 0.6) is 0 Å². The Morgan fingerprint density at radius 3 is 2.69 bits per heavy atom. The molecule has 178 valence electrons. The number of benzene rings is 1. The van der Waals surface area contributed by atoms with Gasteiger partial charge in [-0.1, -0.05) is 36.4 Å². The van der Waals surface area contributed by atoms with Crippen LogP contribution in [0.1, 0.15) is 18.4 Å². The first-order chi connectivity index (χ1) is 17.6. The van der Waals surface area contributed by atoms with Gasteiger partial charge in [-0.15, -0.1) is 0 Å². The molecule has 0 aliphatic heterocycles. The van der Waals surface area contributed by atoms with Crippen molar-refractivity contribution in [2.75, 3.05) is 11.9 Å². The molecule has 4 aromatic heterocycles. The first-order valence-electron chi connectivity index (χ1n) is 12.2. The molecule has 1 saturated carbocycles. The molecule has 1 aromatic carbocycles. The molecule has 3 unspecified atom stereocenters. The topological polar surface area (TPSA) is 117 Å². The molecule has 0 amide bonds. The first-order valence-corrected chi connectivity index (χ1v) is 12.2. The number of aromatic nitrogens is 5. The van der Waals surface area contributed by atoms with Gasteiger partial charge in [-0.25, -0.2) is 15.0 Å². The molecule has 4 N–H and O–H groups in total. The minimum Gasteiger partial charge on any atom is -0.391 e. The van der Waals surface area contributed by atoms with Crippen molar-refractivity contribution in [2.24, 2.45) is 5.73 Å². The van der Waals surface area contributed by atoms with Crippen LogP contribution in [0.2, 0.25) is 0 Å². The number of hydrogen-bond donors (Lipinski definition) is 3. The van der Waals surface area contributed by atoms with Gasteiger partial charge in [0, 0.05) is 58.9 Å². The van der Waals surface area contributed by atoms with E-state index < -0.39 is 6.10 Å². The van der Waals surface area contributed by atoms with Gasteiger partial charge in [-0.2, -0.15) is 0 Å². The van der Waals surface area contributed by atoms with E-state index in [4.69, 9.17) is 15.7 Å². The predicted octanol–water partition coefficient (Wildman–Crippen LogP) is 3.96. The van der Waals surface area contributed by atoms with Crippen LogP contribution in [0.4, 0.5) is 5.82 Å². The average molecular weight is 476 g/mol. The second-order valence-corrected chi connectivity index (χ2v) is 9.65. The summed E-state index contributed by atoms with van der Waals surface area (Å²) in [6, 6.07) is 9.96. The lowest BCUT2D eigenvalue weighted by Gasteiger charge is -2.28. The number of H-pyrrole nitrogens is 1. The molecule has 0 saturated heterocycles. The second-order valence-electron chi connectivity index (χ2n) is 9.65. The molecule has 7 rings (SSSR count). The third kappa shape index (κ3) is 3.15. The van der Waals surface area contributed by atoms with Gasteiger partial charge < -0.3 is 20.7 Å². The van der Waals surface area contributed by atoms with Crippen molar-refractivity contribution in [3.8, 4) is 11.4 Å². The number of anilines is 1. The van der Waals surface area contributed by atoms with Gasteiger partial charge in [0.15, 0.2) is 5.82 Å². The van der Waals surface area contributed by atoms with Crippen LogP contribution in [0.15, 0.2) is 67.2 Å². The van der Waals surface area contributed by atoms with Gasteiger partial charge in [-0.05, 0) is 30.5 Å². The predicted molar refractivity (Wildman–Crippen MR) is 142 cm³/mol. The number of aromatic amines is 1. The fourth-order valence-electron chi connectivity index (χ4n) is 5.49. The van der Waals surface area contributed by atoms with Crippen molar-refractivity contribution in [3.05, 3.63) is 72.7 Å². The number of fused-ring (bicyclic) bond motifs is 4. The van der Waals surface area contributed by atoms with Crippen LogP contribution in [0, 0.1) is 0 Å². The third-order valence-corrected chi connectivity index (χ3v) is 7.53. The Morgan fingerprint density at radius 1 is 1.06 bits per heavy atom. The van der Waals surface area contributed by atoms with Gasteiger partial charge in [-0.3, -0.25) is 4.98 Å². The van der Waals surface area contributed by atoms with Gasteiger partial charge >= 0.3 is 0 Å². The van der Waals surface area contributed by atoms with Gasteiger partial charge in [0.1, 0.15) is 11.5 Å². The maximum Gasteiger partial charge on any atom is 0.163 e. The largest absolute Gasteiger partial charge is 0.391 e. The van der Waals surface area contributed by atoms with Gasteiger partial charge in [0.25, 0.3) is 0 Å². The summed E-state index contributed by atoms with van der Waals surface area (Å²) in [4.78, 5) is 24.8. The van der Waals surface area contributed by atoms with Gasteiger partial charge in [0.05, 0.1) is 23.2 Å². The molecule has 36 heavy (non-hydrogen) atoms. The van der Waals surface area contributed by atoms with Crippen LogP contribution in [-0.2, 0) is 0 Å². The van der Waals surface area contributed by atoms with Crippen molar-refractivity contribution in [1.82, 2.24) is 24.9 Å². The number of para-hydroxylation sites is 1. The van der Waals surface area contributed by atoms with E-state index in [2.05, 4.69) is 38.1 Å². The van der Waals surface area contributed by atoms with Crippen molar-refractivity contribution in [1.29, 1.82) is 0 Å². The highest BCUT2D eigenvalue weighted by molar-refractivity contribution is 6.13. The van der Waals surface area contributed by atoms with E-state index in [9.17, 15) is 5.11 Å². The van der Waals surface area contributed by atoms with E-state index in [0.29, 0.717) is 18.7 Å². The minimum atomic E-state index is -0.519. The molecule has 4 heterocycles. The third-order valence-electron chi connectivity index (χ3n) is 7.53. The lowest BCUT2D eigenvalue weighted by atomic mass is 9.97. The highest BCUT2D eigenvalue weighted by Gasteiger charge is 2.34. The van der Waals surface area contributed by atoms with E-state index in [1.165, 1.54) is 0 Å². The lowest BCUT2D eigenvalue weighted by molar-refractivity contribution is 0.164. The van der Waals surface area contributed by atoms with Crippen molar-refractivity contribution >= 4 is 44.2 Å². The molecular formula is C28H25N7O. The van der Waals surface area contributed by atoms with Crippen LogP contribution >= 0.6 is 0 Å². The number of aliphatic hydroxyl groups is 1. The molecule has 3 atom stereocenters. The van der Waals surface area contributed by atoms with E-state index in [1.54, 1.807) is 12.4 Å². The number of nitrogens with one attached hydrogen (secondary N) is 1. The summed E-state index contributed by atoms with van der Waals surface area (Å²) in [6.45, 7) is 0. The molecule has 2 aliphatic rings.